The van der Waals surface area contributed by atoms with E-state index in [1.54, 1.807) is 18.5 Å². The number of amides is 1. The van der Waals surface area contributed by atoms with Crippen LogP contribution in [0.1, 0.15) is 15.9 Å². The monoisotopic (exact) mass is 487 g/mol. The second-order valence-electron chi connectivity index (χ2n) is 8.19. The molecule has 1 saturated heterocycles. The summed E-state index contributed by atoms with van der Waals surface area (Å²) < 4.78 is 42.2. The number of rotatable bonds is 6. The first kappa shape index (κ1) is 24.3. The zero-order valence-electron chi connectivity index (χ0n) is 19.0. The topological polar surface area (TPSA) is 79.7 Å². The number of benzene rings is 1. The number of aromatic nitrogens is 2. The van der Waals surface area contributed by atoms with E-state index in [-0.39, 0.29) is 17.8 Å². The quantitative estimate of drug-likeness (QED) is 0.576. The molecule has 4 rings (SSSR count). The Labute approximate surface area is 199 Å². The van der Waals surface area contributed by atoms with Crippen LogP contribution < -0.4 is 20.5 Å². The summed E-state index contributed by atoms with van der Waals surface area (Å²) in [6, 6.07) is 11.4. The van der Waals surface area contributed by atoms with Crippen molar-refractivity contribution in [1.82, 2.24) is 14.5 Å². The molecule has 0 unspecified atom stereocenters. The second-order valence-corrected chi connectivity index (χ2v) is 8.19. The van der Waals surface area contributed by atoms with Crippen molar-refractivity contribution >= 4 is 17.4 Å². The third-order valence-electron chi connectivity index (χ3n) is 5.60. The van der Waals surface area contributed by atoms with Gasteiger partial charge in [0, 0.05) is 44.3 Å². The van der Waals surface area contributed by atoms with Gasteiger partial charge in [-0.3, -0.25) is 9.59 Å². The number of hydrogen-bond donors (Lipinski definition) is 1. The standard InChI is InChI=1S/C24H24F3N5O3/c1-30-11-13-31(14-12-30)21-15-17(8-9-28-21)16-32-10-2-3-20(23(32)34)22(33)29-18-4-6-19(7-5-18)35-24(25,26)27/h2-10,15H,11-14,16H2,1H3,(H,29,33). The van der Waals surface area contributed by atoms with Crippen molar-refractivity contribution in [2.24, 2.45) is 0 Å². The first-order valence-corrected chi connectivity index (χ1v) is 10.9. The Morgan fingerprint density at radius 2 is 1.80 bits per heavy atom. The molecule has 0 saturated carbocycles. The summed E-state index contributed by atoms with van der Waals surface area (Å²) in [5.74, 6) is -0.233. The SMILES string of the molecule is CN1CCN(c2cc(Cn3cccc(C(=O)Nc4ccc(OC(F)(F)F)cc4)c3=O)ccn2)CC1. The Morgan fingerprint density at radius 3 is 2.49 bits per heavy atom. The highest BCUT2D eigenvalue weighted by Crippen LogP contribution is 2.24. The number of ether oxygens (including phenoxy) is 1. The van der Waals surface area contributed by atoms with Crippen LogP contribution in [0.3, 0.4) is 0 Å². The van der Waals surface area contributed by atoms with Gasteiger partial charge in [-0.2, -0.15) is 0 Å². The molecule has 1 aliphatic rings. The number of piperazine rings is 1. The van der Waals surface area contributed by atoms with E-state index < -0.39 is 23.6 Å². The van der Waals surface area contributed by atoms with Gasteiger partial charge in [0.15, 0.2) is 0 Å². The predicted octanol–water partition coefficient (Wildman–Crippen LogP) is 3.19. The van der Waals surface area contributed by atoms with Crippen LogP contribution in [0.4, 0.5) is 24.7 Å². The molecule has 3 aromatic rings. The van der Waals surface area contributed by atoms with Gasteiger partial charge in [-0.1, -0.05) is 0 Å². The molecule has 2 aromatic heterocycles. The number of carbonyl (C=O) groups is 1. The number of halogens is 3. The third kappa shape index (κ3) is 6.38. The highest BCUT2D eigenvalue weighted by atomic mass is 19.4. The molecule has 0 spiro atoms. The molecular weight excluding hydrogens is 463 g/mol. The van der Waals surface area contributed by atoms with Crippen molar-refractivity contribution in [2.45, 2.75) is 12.9 Å². The Hall–Kier alpha value is -3.86. The molecular formula is C24H24F3N5O3. The van der Waals surface area contributed by atoms with Crippen LogP contribution in [-0.4, -0.2) is 59.9 Å². The smallest absolute Gasteiger partial charge is 0.406 e. The van der Waals surface area contributed by atoms with E-state index >= 15 is 0 Å². The summed E-state index contributed by atoms with van der Waals surface area (Å²) in [7, 11) is 2.08. The van der Waals surface area contributed by atoms with Gasteiger partial charge in [0.25, 0.3) is 11.5 Å². The van der Waals surface area contributed by atoms with Gasteiger partial charge in [0.2, 0.25) is 0 Å². The van der Waals surface area contributed by atoms with Crippen molar-refractivity contribution in [3.63, 3.8) is 0 Å². The molecule has 1 aliphatic heterocycles. The van der Waals surface area contributed by atoms with Gasteiger partial charge in [-0.05, 0) is 61.1 Å². The Bertz CT molecular complexity index is 1240. The van der Waals surface area contributed by atoms with Gasteiger partial charge in [0.1, 0.15) is 17.1 Å². The Morgan fingerprint density at radius 1 is 1.09 bits per heavy atom. The number of anilines is 2. The maximum atomic E-state index is 13.0. The number of hydrogen-bond acceptors (Lipinski definition) is 6. The summed E-state index contributed by atoms with van der Waals surface area (Å²) >= 11 is 0. The van der Waals surface area contributed by atoms with Crippen LogP contribution in [0, 0.1) is 0 Å². The highest BCUT2D eigenvalue weighted by Gasteiger charge is 2.31. The van der Waals surface area contributed by atoms with Crippen molar-refractivity contribution in [1.29, 1.82) is 0 Å². The fourth-order valence-electron chi connectivity index (χ4n) is 3.74. The van der Waals surface area contributed by atoms with Crippen LogP contribution in [0.2, 0.25) is 0 Å². The molecule has 0 aliphatic carbocycles. The van der Waals surface area contributed by atoms with Gasteiger partial charge < -0.3 is 24.4 Å². The predicted molar refractivity (Wildman–Crippen MR) is 125 cm³/mol. The zero-order chi connectivity index (χ0) is 25.0. The molecule has 11 heteroatoms. The molecule has 184 valence electrons. The molecule has 1 N–H and O–H groups in total. The molecule has 0 atom stereocenters. The fraction of sp³-hybridized carbons (Fsp3) is 0.292. The van der Waals surface area contributed by atoms with Gasteiger partial charge in [0.05, 0.1) is 6.54 Å². The second kappa shape index (κ2) is 10.2. The van der Waals surface area contributed by atoms with Crippen molar-refractivity contribution in [3.8, 4) is 5.75 Å². The van der Waals surface area contributed by atoms with E-state index in [0.717, 1.165) is 49.7 Å². The van der Waals surface area contributed by atoms with E-state index in [2.05, 4.69) is 31.9 Å². The number of likely N-dealkylation sites (N-methyl/N-ethyl adjacent to an activating group) is 1. The van der Waals surface area contributed by atoms with Gasteiger partial charge in [-0.25, -0.2) is 4.98 Å². The number of pyridine rings is 2. The highest BCUT2D eigenvalue weighted by molar-refractivity contribution is 6.04. The lowest BCUT2D eigenvalue weighted by atomic mass is 10.2. The van der Waals surface area contributed by atoms with E-state index in [9.17, 15) is 22.8 Å². The summed E-state index contributed by atoms with van der Waals surface area (Å²) in [5, 5.41) is 2.53. The maximum absolute atomic E-state index is 13.0. The zero-order valence-corrected chi connectivity index (χ0v) is 19.0. The molecule has 1 amide bonds. The first-order chi connectivity index (χ1) is 16.7. The van der Waals surface area contributed by atoms with E-state index in [4.69, 9.17) is 0 Å². The van der Waals surface area contributed by atoms with E-state index in [1.165, 1.54) is 22.8 Å². The van der Waals surface area contributed by atoms with Crippen molar-refractivity contribution in [3.05, 3.63) is 82.4 Å². The lowest BCUT2D eigenvalue weighted by Crippen LogP contribution is -2.44. The molecule has 35 heavy (non-hydrogen) atoms. The maximum Gasteiger partial charge on any atom is 0.573 e. The van der Waals surface area contributed by atoms with Crippen molar-refractivity contribution in [2.75, 3.05) is 43.4 Å². The first-order valence-electron chi connectivity index (χ1n) is 10.9. The lowest BCUT2D eigenvalue weighted by molar-refractivity contribution is -0.274. The molecule has 8 nitrogen and oxygen atoms in total. The number of alkyl halides is 3. The summed E-state index contributed by atoms with van der Waals surface area (Å²) in [6.45, 7) is 3.88. The van der Waals surface area contributed by atoms with Crippen LogP contribution in [-0.2, 0) is 6.54 Å². The average molecular weight is 487 g/mol. The van der Waals surface area contributed by atoms with Crippen LogP contribution in [0.15, 0.2) is 65.7 Å². The molecule has 0 bridgehead atoms. The largest absolute Gasteiger partial charge is 0.573 e. The molecule has 0 radical (unpaired) electrons. The summed E-state index contributed by atoms with van der Waals surface area (Å²) in [6.07, 6.45) is -1.50. The number of carbonyl (C=O) groups excluding carboxylic acids is 1. The third-order valence-corrected chi connectivity index (χ3v) is 5.60. The van der Waals surface area contributed by atoms with Crippen molar-refractivity contribution < 1.29 is 22.7 Å². The molecule has 1 aromatic carbocycles. The summed E-state index contributed by atoms with van der Waals surface area (Å²) in [5.41, 5.74) is 0.524. The van der Waals surface area contributed by atoms with Crippen LogP contribution in [0.25, 0.3) is 0 Å². The van der Waals surface area contributed by atoms with Gasteiger partial charge >= 0.3 is 6.36 Å². The average Bonchev–Trinajstić information content (AvgIpc) is 2.81. The van der Waals surface area contributed by atoms with Crippen LogP contribution in [0.5, 0.6) is 5.75 Å². The minimum absolute atomic E-state index is 0.0866. The van der Waals surface area contributed by atoms with Crippen LogP contribution >= 0.6 is 0 Å². The minimum Gasteiger partial charge on any atom is -0.406 e. The minimum atomic E-state index is -4.81. The number of nitrogens with one attached hydrogen (secondary N) is 1. The normalized spacial score (nSPS) is 14.6. The Balaban J connectivity index is 1.46. The Kier molecular flexibility index (Phi) is 7.06. The molecule has 3 heterocycles. The lowest BCUT2D eigenvalue weighted by Gasteiger charge is -2.33. The fourth-order valence-corrected chi connectivity index (χ4v) is 3.74. The van der Waals surface area contributed by atoms with E-state index in [1.807, 2.05) is 12.1 Å². The van der Waals surface area contributed by atoms with Gasteiger partial charge in [-0.15, -0.1) is 13.2 Å². The number of nitrogens with zero attached hydrogens (tertiary/aromatic N) is 4. The van der Waals surface area contributed by atoms with E-state index in [0.29, 0.717) is 0 Å². The summed E-state index contributed by atoms with van der Waals surface area (Å²) in [4.78, 5) is 34.5. The molecule has 1 fully saturated rings.